The van der Waals surface area contributed by atoms with Crippen LogP contribution in [0.5, 0.6) is 11.5 Å². The summed E-state index contributed by atoms with van der Waals surface area (Å²) >= 11 is 0. The standard InChI is InChI=1S/C63H69N4O.Pt/c1-39(2)43-29-53(40(3)4)60(54(30-43)41(5)6)42-27-28-64-59(31-42)67-55-22-17-16-21-51(55)52-25-24-49(37-57(52)67)68-50-34-46(63(13,14)15)33-48(36-50)66-38-65(47-20-18-19-44(32-47)61(7,8)9)58-35-45(62(10,11)12)23-26-56(58)66;/h16-35,38-41H,1-15H3;/q-3;. The van der Waals surface area contributed by atoms with Crippen LogP contribution in [-0.4, -0.2) is 9.55 Å². The number of hydrogen-bond acceptors (Lipinski definition) is 4. The quantitative estimate of drug-likeness (QED) is 0.135. The Bertz CT molecular complexity index is 3160. The van der Waals surface area contributed by atoms with Gasteiger partial charge in [0.2, 0.25) is 0 Å². The van der Waals surface area contributed by atoms with E-state index in [2.05, 4.69) is 246 Å². The Hall–Kier alpha value is -5.64. The van der Waals surface area contributed by atoms with E-state index in [4.69, 9.17) is 9.72 Å². The zero-order valence-electron chi connectivity index (χ0n) is 43.4. The van der Waals surface area contributed by atoms with E-state index in [1.165, 1.54) is 38.9 Å². The van der Waals surface area contributed by atoms with E-state index in [0.717, 1.165) is 55.9 Å². The zero-order chi connectivity index (χ0) is 48.6. The van der Waals surface area contributed by atoms with Gasteiger partial charge in [0.25, 0.3) is 0 Å². The molecule has 0 unspecified atom stereocenters. The molecule has 0 bridgehead atoms. The van der Waals surface area contributed by atoms with Crippen LogP contribution < -0.4 is 14.5 Å². The Kier molecular flexibility index (Phi) is 13.4. The average molecular weight is 1090 g/mol. The normalized spacial score (nSPS) is 13.3. The third-order valence-corrected chi connectivity index (χ3v) is 13.7. The Balaban J connectivity index is 0.00000642. The van der Waals surface area contributed by atoms with Crippen LogP contribution in [0.2, 0.25) is 0 Å². The van der Waals surface area contributed by atoms with E-state index >= 15 is 0 Å². The Morgan fingerprint density at radius 3 is 1.87 bits per heavy atom. The minimum absolute atomic E-state index is 0. The summed E-state index contributed by atoms with van der Waals surface area (Å²) in [6.45, 7) is 36.4. The van der Waals surface area contributed by atoms with Crippen molar-refractivity contribution in [1.82, 2.24) is 9.55 Å². The molecule has 9 rings (SSSR count). The van der Waals surface area contributed by atoms with E-state index < -0.39 is 0 Å². The van der Waals surface area contributed by atoms with Crippen LogP contribution in [-0.2, 0) is 37.3 Å². The smallest absolute Gasteiger partial charge is 0.136 e. The molecule has 69 heavy (non-hydrogen) atoms. The fourth-order valence-corrected chi connectivity index (χ4v) is 9.57. The van der Waals surface area contributed by atoms with Gasteiger partial charge in [0, 0.05) is 61.3 Å². The van der Waals surface area contributed by atoms with Crippen molar-refractivity contribution in [3.8, 4) is 28.4 Å². The number of aromatic nitrogens is 2. The predicted octanol–water partition coefficient (Wildman–Crippen LogP) is 17.9. The topological polar surface area (TPSA) is 33.5 Å². The molecule has 0 spiro atoms. The van der Waals surface area contributed by atoms with Crippen molar-refractivity contribution in [2.45, 2.75) is 138 Å². The summed E-state index contributed by atoms with van der Waals surface area (Å²) in [5.74, 6) is 3.25. The summed E-state index contributed by atoms with van der Waals surface area (Å²) in [4.78, 5) is 9.67. The molecule has 360 valence electrons. The molecule has 0 amide bonds. The Morgan fingerprint density at radius 2 is 1.22 bits per heavy atom. The van der Waals surface area contributed by atoms with Crippen molar-refractivity contribution < 1.29 is 25.8 Å². The Morgan fingerprint density at radius 1 is 0.551 bits per heavy atom. The molecule has 0 aliphatic carbocycles. The molecule has 3 heterocycles. The molecule has 6 heteroatoms. The van der Waals surface area contributed by atoms with Crippen LogP contribution in [0, 0.1) is 18.8 Å². The van der Waals surface area contributed by atoms with E-state index in [1.807, 2.05) is 12.3 Å². The van der Waals surface area contributed by atoms with Gasteiger partial charge in [0.1, 0.15) is 5.82 Å². The zero-order valence-corrected chi connectivity index (χ0v) is 45.6. The first-order valence-electron chi connectivity index (χ1n) is 24.6. The summed E-state index contributed by atoms with van der Waals surface area (Å²) in [6, 6.07) is 49.8. The molecule has 0 saturated carbocycles. The maximum Gasteiger partial charge on any atom is 0.136 e. The minimum Gasteiger partial charge on any atom is -0.509 e. The molecule has 0 saturated heterocycles. The number of nitrogens with zero attached hydrogens (tertiary/aromatic N) is 4. The predicted molar refractivity (Wildman–Crippen MR) is 288 cm³/mol. The van der Waals surface area contributed by atoms with Gasteiger partial charge in [0.15, 0.2) is 0 Å². The molecule has 2 aromatic heterocycles. The first-order chi connectivity index (χ1) is 32.1. The van der Waals surface area contributed by atoms with Crippen molar-refractivity contribution in [3.63, 3.8) is 0 Å². The number of pyridine rings is 1. The molecule has 0 radical (unpaired) electrons. The second-order valence-corrected chi connectivity index (χ2v) is 23.0. The molecule has 0 fully saturated rings. The minimum atomic E-state index is -0.169. The number of ether oxygens (including phenoxy) is 1. The largest absolute Gasteiger partial charge is 0.509 e. The van der Waals surface area contributed by atoms with Crippen LogP contribution in [0.4, 0.5) is 22.7 Å². The number of hydrogen-bond donors (Lipinski definition) is 0. The van der Waals surface area contributed by atoms with Gasteiger partial charge in [-0.15, -0.1) is 53.6 Å². The van der Waals surface area contributed by atoms with Crippen LogP contribution in [0.1, 0.15) is 155 Å². The van der Waals surface area contributed by atoms with Crippen LogP contribution in [0.25, 0.3) is 38.8 Å². The van der Waals surface area contributed by atoms with Crippen LogP contribution >= 0.6 is 0 Å². The summed E-state index contributed by atoms with van der Waals surface area (Å²) in [7, 11) is 0. The summed E-state index contributed by atoms with van der Waals surface area (Å²) in [5, 5.41) is 2.23. The first kappa shape index (κ1) is 49.8. The molecule has 0 atom stereocenters. The second kappa shape index (κ2) is 18.6. The molecular weight excluding hydrogens is 1020 g/mol. The number of para-hydroxylation sites is 1. The van der Waals surface area contributed by atoms with Crippen molar-refractivity contribution in [2.75, 3.05) is 9.80 Å². The number of anilines is 4. The third kappa shape index (κ3) is 9.66. The molecular formula is C63H69N4OPt-3. The maximum absolute atomic E-state index is 6.93. The van der Waals surface area contributed by atoms with Crippen molar-refractivity contribution in [3.05, 3.63) is 174 Å². The van der Waals surface area contributed by atoms with Crippen LogP contribution in [0.3, 0.4) is 0 Å². The van der Waals surface area contributed by atoms with Crippen molar-refractivity contribution in [1.29, 1.82) is 0 Å². The van der Waals surface area contributed by atoms with Gasteiger partial charge in [-0.3, -0.25) is 0 Å². The molecule has 8 aromatic rings. The second-order valence-electron chi connectivity index (χ2n) is 23.0. The van der Waals surface area contributed by atoms with Gasteiger partial charge < -0.3 is 19.1 Å². The third-order valence-electron chi connectivity index (χ3n) is 13.7. The molecule has 1 aliphatic rings. The Labute approximate surface area is 427 Å². The van der Waals surface area contributed by atoms with Gasteiger partial charge in [-0.25, -0.2) is 4.98 Å². The fourth-order valence-electron chi connectivity index (χ4n) is 9.57. The number of rotatable bonds is 9. The van der Waals surface area contributed by atoms with Crippen molar-refractivity contribution >= 4 is 44.6 Å². The molecule has 5 nitrogen and oxygen atoms in total. The van der Waals surface area contributed by atoms with Gasteiger partial charge >= 0.3 is 0 Å². The average Bonchev–Trinajstić information content (AvgIpc) is 3.83. The van der Waals surface area contributed by atoms with E-state index in [9.17, 15) is 0 Å². The first-order valence-corrected chi connectivity index (χ1v) is 24.6. The number of fused-ring (bicyclic) bond motifs is 4. The van der Waals surface area contributed by atoms with E-state index in [-0.39, 0.29) is 37.3 Å². The molecule has 1 aliphatic heterocycles. The van der Waals surface area contributed by atoms with Gasteiger partial charge in [-0.1, -0.05) is 158 Å². The van der Waals surface area contributed by atoms with Crippen molar-refractivity contribution in [2.24, 2.45) is 0 Å². The van der Waals surface area contributed by atoms with E-state index in [0.29, 0.717) is 29.3 Å². The SMILES string of the molecule is CC(C)c1cc(C(C)C)c(-c2ccnc(-n3c4[c-]c(Oc5[c-]c(N6[CH-]N(c7cccc(C(C)(C)C)c7)c7cc(C(C)(C)C)ccc76)cc(C(C)(C)C)c5)ccc4c4ccccc43)c2)c(C(C)C)c1.[Pt]. The molecule has 0 N–H and O–H groups in total. The van der Waals surface area contributed by atoms with Gasteiger partial charge in [0.05, 0.1) is 0 Å². The van der Waals surface area contributed by atoms with Gasteiger partial charge in [-0.2, -0.15) is 6.07 Å². The van der Waals surface area contributed by atoms with Crippen LogP contribution in [0.15, 0.2) is 121 Å². The summed E-state index contributed by atoms with van der Waals surface area (Å²) in [6.07, 6.45) is 1.96. The summed E-state index contributed by atoms with van der Waals surface area (Å²) in [5.41, 5.74) is 16.4. The number of benzene rings is 6. The fraction of sp³-hybridized carbons (Fsp3) is 0.333. The van der Waals surface area contributed by atoms with Gasteiger partial charge in [-0.05, 0) is 121 Å². The summed E-state index contributed by atoms with van der Waals surface area (Å²) < 4.78 is 9.18. The monoisotopic (exact) mass is 1090 g/mol. The van der Waals surface area contributed by atoms with E-state index in [1.54, 1.807) is 0 Å². The molecule has 6 aromatic carbocycles. The maximum atomic E-state index is 6.93.